The first-order valence-electron chi connectivity index (χ1n) is 6.88. The van der Waals surface area contributed by atoms with Gasteiger partial charge < -0.3 is 10.6 Å². The molecule has 4 nitrogen and oxygen atoms in total. The van der Waals surface area contributed by atoms with E-state index in [9.17, 15) is 22.8 Å². The topological polar surface area (TPSA) is 58.2 Å². The second-order valence-electron chi connectivity index (χ2n) is 4.90. The lowest BCUT2D eigenvalue weighted by molar-refractivity contribution is -0.137. The predicted octanol–water partition coefficient (Wildman–Crippen LogP) is 4.38. The van der Waals surface area contributed by atoms with E-state index in [-0.39, 0.29) is 10.6 Å². The van der Waals surface area contributed by atoms with Crippen LogP contribution in [0.4, 0.5) is 18.9 Å². The van der Waals surface area contributed by atoms with Crippen molar-refractivity contribution in [2.45, 2.75) is 6.18 Å². The van der Waals surface area contributed by atoms with Crippen LogP contribution in [-0.2, 0) is 11.0 Å². The van der Waals surface area contributed by atoms with Gasteiger partial charge >= 0.3 is 6.18 Å². The Morgan fingerprint density at radius 2 is 1.72 bits per heavy atom. The van der Waals surface area contributed by atoms with E-state index in [4.69, 9.17) is 23.2 Å². The summed E-state index contributed by atoms with van der Waals surface area (Å²) in [6.07, 6.45) is -4.61. The van der Waals surface area contributed by atoms with Crippen molar-refractivity contribution in [1.29, 1.82) is 0 Å². The molecule has 132 valence electrons. The van der Waals surface area contributed by atoms with Crippen molar-refractivity contribution in [3.63, 3.8) is 0 Å². The van der Waals surface area contributed by atoms with E-state index in [0.717, 1.165) is 12.1 Å². The molecule has 0 unspecified atom stereocenters. The molecule has 0 aromatic heterocycles. The zero-order valence-electron chi connectivity index (χ0n) is 12.5. The molecule has 0 atom stereocenters. The van der Waals surface area contributed by atoms with Crippen molar-refractivity contribution in [1.82, 2.24) is 5.32 Å². The summed E-state index contributed by atoms with van der Waals surface area (Å²) in [5.41, 5.74) is -1.27. The lowest BCUT2D eigenvalue weighted by Crippen LogP contribution is -2.33. The molecule has 0 radical (unpaired) electrons. The maximum absolute atomic E-state index is 12.9. The fourth-order valence-electron chi connectivity index (χ4n) is 1.96. The van der Waals surface area contributed by atoms with Crippen LogP contribution in [-0.4, -0.2) is 18.4 Å². The number of hydrogen-bond donors (Lipinski definition) is 2. The predicted molar refractivity (Wildman–Crippen MR) is 88.9 cm³/mol. The smallest absolute Gasteiger partial charge is 0.343 e. The second-order valence-corrected chi connectivity index (χ2v) is 5.74. The Kier molecular flexibility index (Phi) is 5.92. The first kappa shape index (κ1) is 19.1. The van der Waals surface area contributed by atoms with Gasteiger partial charge in [0.05, 0.1) is 28.4 Å². The van der Waals surface area contributed by atoms with Crippen LogP contribution in [0.2, 0.25) is 10.0 Å². The van der Waals surface area contributed by atoms with Gasteiger partial charge in [-0.15, -0.1) is 0 Å². The Morgan fingerprint density at radius 3 is 2.36 bits per heavy atom. The first-order valence-corrected chi connectivity index (χ1v) is 7.63. The Morgan fingerprint density at radius 1 is 1.04 bits per heavy atom. The highest BCUT2D eigenvalue weighted by Crippen LogP contribution is 2.34. The Balaban J connectivity index is 2.01. The standard InChI is InChI=1S/C16H11Cl2F3N2O2/c17-9-5-6-10(12(18)7-9)15(25)22-8-14(24)23-13-4-2-1-3-11(13)16(19,20)21/h1-7H,8H2,(H,22,25)(H,23,24). The second kappa shape index (κ2) is 7.76. The van der Waals surface area contributed by atoms with Crippen LogP contribution in [0.1, 0.15) is 15.9 Å². The monoisotopic (exact) mass is 390 g/mol. The quantitative estimate of drug-likeness (QED) is 0.813. The van der Waals surface area contributed by atoms with Crippen LogP contribution in [0.3, 0.4) is 0 Å². The average molecular weight is 391 g/mol. The molecule has 0 heterocycles. The Bertz CT molecular complexity index is 810. The van der Waals surface area contributed by atoms with Gasteiger partial charge in [-0.05, 0) is 30.3 Å². The van der Waals surface area contributed by atoms with Crippen molar-refractivity contribution in [2.24, 2.45) is 0 Å². The van der Waals surface area contributed by atoms with E-state index >= 15 is 0 Å². The number of carbonyl (C=O) groups excluding carboxylic acids is 2. The number of carbonyl (C=O) groups is 2. The summed E-state index contributed by atoms with van der Waals surface area (Å²) in [7, 11) is 0. The van der Waals surface area contributed by atoms with Gasteiger partial charge in [-0.2, -0.15) is 13.2 Å². The summed E-state index contributed by atoms with van der Waals surface area (Å²) in [5.74, 6) is -1.46. The van der Waals surface area contributed by atoms with Crippen molar-refractivity contribution in [2.75, 3.05) is 11.9 Å². The highest BCUT2D eigenvalue weighted by molar-refractivity contribution is 6.36. The maximum Gasteiger partial charge on any atom is 0.418 e. The zero-order chi connectivity index (χ0) is 18.6. The SMILES string of the molecule is O=C(CNC(=O)c1ccc(Cl)cc1Cl)Nc1ccccc1C(F)(F)F. The average Bonchev–Trinajstić information content (AvgIpc) is 2.52. The van der Waals surface area contributed by atoms with Gasteiger partial charge in [0.15, 0.2) is 0 Å². The third-order valence-corrected chi connectivity index (χ3v) is 3.64. The Hall–Kier alpha value is -2.25. The van der Waals surface area contributed by atoms with Gasteiger partial charge in [0.2, 0.25) is 5.91 Å². The number of anilines is 1. The molecule has 0 aliphatic rings. The van der Waals surface area contributed by atoms with Gasteiger partial charge in [0, 0.05) is 5.02 Å². The molecule has 0 saturated carbocycles. The van der Waals surface area contributed by atoms with E-state index in [0.29, 0.717) is 5.02 Å². The highest BCUT2D eigenvalue weighted by Gasteiger charge is 2.33. The molecule has 2 aromatic carbocycles. The van der Waals surface area contributed by atoms with Crippen LogP contribution < -0.4 is 10.6 Å². The van der Waals surface area contributed by atoms with Gasteiger partial charge in [0.25, 0.3) is 5.91 Å². The minimum Gasteiger partial charge on any atom is -0.343 e. The minimum absolute atomic E-state index is 0.0906. The van der Waals surface area contributed by atoms with Crippen LogP contribution in [0.5, 0.6) is 0 Å². The summed E-state index contributed by atoms with van der Waals surface area (Å²) in [5, 5.41) is 4.82. The molecule has 9 heteroatoms. The molecule has 0 aliphatic heterocycles. The molecule has 0 fully saturated rings. The number of rotatable bonds is 4. The molecule has 2 rings (SSSR count). The number of para-hydroxylation sites is 1. The number of amides is 2. The summed E-state index contributed by atoms with van der Waals surface area (Å²) < 4.78 is 38.6. The third-order valence-electron chi connectivity index (χ3n) is 3.09. The summed E-state index contributed by atoms with van der Waals surface area (Å²) in [6.45, 7) is -0.524. The van der Waals surface area contributed by atoms with E-state index in [1.54, 1.807) is 0 Å². The van der Waals surface area contributed by atoms with Crippen LogP contribution >= 0.6 is 23.2 Å². The molecule has 0 bridgehead atoms. The van der Waals surface area contributed by atoms with Crippen LogP contribution in [0, 0.1) is 0 Å². The molecule has 2 aromatic rings. The normalized spacial score (nSPS) is 11.1. The van der Waals surface area contributed by atoms with Crippen molar-refractivity contribution in [3.05, 3.63) is 63.6 Å². The van der Waals surface area contributed by atoms with Crippen molar-refractivity contribution in [3.8, 4) is 0 Å². The lowest BCUT2D eigenvalue weighted by atomic mass is 10.1. The van der Waals surface area contributed by atoms with Crippen molar-refractivity contribution >= 4 is 40.7 Å². The fraction of sp³-hybridized carbons (Fsp3) is 0.125. The van der Waals surface area contributed by atoms with Crippen LogP contribution in [0.25, 0.3) is 0 Å². The maximum atomic E-state index is 12.9. The molecule has 0 aliphatic carbocycles. The van der Waals surface area contributed by atoms with Gasteiger partial charge in [-0.1, -0.05) is 35.3 Å². The number of hydrogen-bond acceptors (Lipinski definition) is 2. The molecule has 2 N–H and O–H groups in total. The van der Waals surface area contributed by atoms with Crippen LogP contribution in [0.15, 0.2) is 42.5 Å². The molecule has 25 heavy (non-hydrogen) atoms. The molecular formula is C16H11Cl2F3N2O2. The molecule has 0 spiro atoms. The summed E-state index contributed by atoms with van der Waals surface area (Å²) >= 11 is 11.6. The van der Waals surface area contributed by atoms with E-state index in [1.807, 2.05) is 0 Å². The van der Waals surface area contributed by atoms with Gasteiger partial charge in [-0.25, -0.2) is 0 Å². The van der Waals surface area contributed by atoms with Crippen molar-refractivity contribution < 1.29 is 22.8 Å². The lowest BCUT2D eigenvalue weighted by Gasteiger charge is -2.13. The largest absolute Gasteiger partial charge is 0.418 e. The first-order chi connectivity index (χ1) is 11.7. The van der Waals surface area contributed by atoms with E-state index < -0.39 is 35.8 Å². The Labute approximate surface area is 150 Å². The van der Waals surface area contributed by atoms with E-state index in [1.165, 1.54) is 30.3 Å². The molecule has 2 amide bonds. The minimum atomic E-state index is -4.61. The van der Waals surface area contributed by atoms with E-state index in [2.05, 4.69) is 10.6 Å². The highest BCUT2D eigenvalue weighted by atomic mass is 35.5. The number of benzene rings is 2. The van der Waals surface area contributed by atoms with Gasteiger partial charge in [-0.3, -0.25) is 9.59 Å². The molecule has 0 saturated heterocycles. The zero-order valence-corrected chi connectivity index (χ0v) is 14.0. The third kappa shape index (κ3) is 5.11. The number of alkyl halides is 3. The molecular weight excluding hydrogens is 380 g/mol. The summed E-state index contributed by atoms with van der Waals surface area (Å²) in [4.78, 5) is 23.8. The number of nitrogens with one attached hydrogen (secondary N) is 2. The number of halogens is 5. The fourth-order valence-corrected chi connectivity index (χ4v) is 2.46. The van der Waals surface area contributed by atoms with Gasteiger partial charge in [0.1, 0.15) is 0 Å². The summed E-state index contributed by atoms with van der Waals surface area (Å²) in [6, 6.07) is 8.72.